The summed E-state index contributed by atoms with van der Waals surface area (Å²) >= 11 is 0. The van der Waals surface area contributed by atoms with Crippen LogP contribution in [0.4, 0.5) is 16.3 Å². The molecule has 2 aromatic rings. The number of ether oxygens (including phenoxy) is 2. The average Bonchev–Trinajstić information content (AvgIpc) is 3.12. The number of anilines is 2. The van der Waals surface area contributed by atoms with Crippen LogP contribution in [0.5, 0.6) is 11.6 Å². The topological polar surface area (TPSA) is 79.8 Å². The molecule has 3 rings (SSSR count). The van der Waals surface area contributed by atoms with E-state index in [1.807, 2.05) is 56.3 Å². The lowest BCUT2D eigenvalue weighted by Gasteiger charge is -2.19. The quantitative estimate of drug-likeness (QED) is 0.841. The van der Waals surface area contributed by atoms with Gasteiger partial charge in [-0.2, -0.15) is 0 Å². The van der Waals surface area contributed by atoms with E-state index in [2.05, 4.69) is 15.5 Å². The van der Waals surface area contributed by atoms with Crippen LogP contribution in [0.3, 0.4) is 0 Å². The lowest BCUT2D eigenvalue weighted by molar-refractivity contribution is 0.188. The van der Waals surface area contributed by atoms with Crippen molar-refractivity contribution in [3.05, 3.63) is 36.4 Å². The second kappa shape index (κ2) is 8.57. The molecule has 8 heteroatoms. The second-order valence-electron chi connectivity index (χ2n) is 6.46. The van der Waals surface area contributed by atoms with Gasteiger partial charge in [0, 0.05) is 33.1 Å². The zero-order valence-corrected chi connectivity index (χ0v) is 15.9. The number of nitrogens with one attached hydrogen (secondary N) is 1. The van der Waals surface area contributed by atoms with E-state index < -0.39 is 0 Å². The van der Waals surface area contributed by atoms with Crippen molar-refractivity contribution in [3.63, 3.8) is 0 Å². The number of nitrogens with zero attached hydrogens (tertiary/aromatic N) is 4. The van der Waals surface area contributed by atoms with Gasteiger partial charge in [0.25, 0.3) is 0 Å². The minimum atomic E-state index is -0.165. The summed E-state index contributed by atoms with van der Waals surface area (Å²) in [6.07, 6.45) is 0.648. The number of rotatable bonds is 6. The minimum Gasteiger partial charge on any atom is -0.492 e. The molecule has 1 aromatic carbocycles. The first-order chi connectivity index (χ1) is 13.1. The summed E-state index contributed by atoms with van der Waals surface area (Å²) in [5.74, 6) is 1.90. The summed E-state index contributed by atoms with van der Waals surface area (Å²) in [7, 11) is 3.81. The van der Waals surface area contributed by atoms with Crippen molar-refractivity contribution in [1.82, 2.24) is 15.1 Å². The second-order valence-corrected chi connectivity index (χ2v) is 6.46. The molecular weight excluding hydrogens is 346 g/mol. The van der Waals surface area contributed by atoms with E-state index in [0.29, 0.717) is 37.0 Å². The summed E-state index contributed by atoms with van der Waals surface area (Å²) in [4.78, 5) is 16.2. The van der Waals surface area contributed by atoms with Gasteiger partial charge in [0.2, 0.25) is 5.88 Å². The Morgan fingerprint density at radius 3 is 2.78 bits per heavy atom. The standard InChI is InChI=1S/C19H25N5O3/c1-4-26-16-8-6-5-7-15(16)20-19(25)24-12-11-14(13-24)27-18-10-9-17(21-22-18)23(2)3/h5-10,14H,4,11-13H2,1-3H3,(H,20,25). The van der Waals surface area contributed by atoms with Gasteiger partial charge in [0.15, 0.2) is 5.82 Å². The first-order valence-corrected chi connectivity index (χ1v) is 9.02. The largest absolute Gasteiger partial charge is 0.492 e. The average molecular weight is 371 g/mol. The van der Waals surface area contributed by atoms with Crippen LogP contribution in [0.2, 0.25) is 0 Å². The summed E-state index contributed by atoms with van der Waals surface area (Å²) in [5, 5.41) is 11.1. The number of amides is 2. The molecule has 1 fully saturated rings. The molecule has 1 unspecified atom stereocenters. The maximum absolute atomic E-state index is 12.6. The molecule has 1 aromatic heterocycles. The third-order valence-electron chi connectivity index (χ3n) is 4.23. The Kier molecular flexibility index (Phi) is 5.95. The van der Waals surface area contributed by atoms with Crippen molar-refractivity contribution in [2.24, 2.45) is 0 Å². The highest BCUT2D eigenvalue weighted by molar-refractivity contribution is 5.91. The maximum Gasteiger partial charge on any atom is 0.322 e. The molecule has 144 valence electrons. The molecule has 1 N–H and O–H groups in total. The number of hydrogen-bond donors (Lipinski definition) is 1. The molecular formula is C19H25N5O3. The predicted molar refractivity (Wildman–Crippen MR) is 104 cm³/mol. The van der Waals surface area contributed by atoms with Crippen LogP contribution < -0.4 is 19.7 Å². The maximum atomic E-state index is 12.6. The zero-order chi connectivity index (χ0) is 19.2. The minimum absolute atomic E-state index is 0.0996. The highest BCUT2D eigenvalue weighted by Crippen LogP contribution is 2.25. The number of carbonyl (C=O) groups is 1. The van der Waals surface area contributed by atoms with Crippen LogP contribution in [0, 0.1) is 0 Å². The predicted octanol–water partition coefficient (Wildman–Crippen LogP) is 2.63. The lowest BCUT2D eigenvalue weighted by Crippen LogP contribution is -2.34. The first-order valence-electron chi connectivity index (χ1n) is 9.02. The molecule has 2 heterocycles. The molecule has 1 aliphatic heterocycles. The van der Waals surface area contributed by atoms with Crippen LogP contribution in [-0.4, -0.2) is 61.0 Å². The first kappa shape index (κ1) is 18.8. The fourth-order valence-electron chi connectivity index (χ4n) is 2.84. The smallest absolute Gasteiger partial charge is 0.322 e. The van der Waals surface area contributed by atoms with Crippen LogP contribution in [0.15, 0.2) is 36.4 Å². The van der Waals surface area contributed by atoms with Crippen LogP contribution in [0.25, 0.3) is 0 Å². The van der Waals surface area contributed by atoms with E-state index in [1.54, 1.807) is 11.0 Å². The number of aromatic nitrogens is 2. The molecule has 0 aliphatic carbocycles. The molecule has 8 nitrogen and oxygen atoms in total. The van der Waals surface area contributed by atoms with Gasteiger partial charge in [-0.05, 0) is 25.1 Å². The normalized spacial score (nSPS) is 16.1. The molecule has 0 saturated carbocycles. The summed E-state index contributed by atoms with van der Waals surface area (Å²) in [6.45, 7) is 3.57. The number of para-hydroxylation sites is 2. The van der Waals surface area contributed by atoms with E-state index in [4.69, 9.17) is 9.47 Å². The van der Waals surface area contributed by atoms with Crippen LogP contribution in [-0.2, 0) is 0 Å². The van der Waals surface area contributed by atoms with Crippen molar-refractivity contribution in [3.8, 4) is 11.6 Å². The van der Waals surface area contributed by atoms with E-state index in [0.717, 1.165) is 12.2 Å². The fourth-order valence-corrected chi connectivity index (χ4v) is 2.84. The summed E-state index contributed by atoms with van der Waals surface area (Å²) in [6, 6.07) is 10.9. The SMILES string of the molecule is CCOc1ccccc1NC(=O)N1CCC(Oc2ccc(N(C)C)nn2)C1. The molecule has 1 atom stereocenters. The van der Waals surface area contributed by atoms with Gasteiger partial charge in [-0.25, -0.2) is 4.79 Å². The third kappa shape index (κ3) is 4.78. The Morgan fingerprint density at radius 1 is 1.26 bits per heavy atom. The van der Waals surface area contributed by atoms with Gasteiger partial charge in [-0.3, -0.25) is 0 Å². The number of urea groups is 1. The van der Waals surface area contributed by atoms with Crippen molar-refractivity contribution < 1.29 is 14.3 Å². The monoisotopic (exact) mass is 371 g/mol. The molecule has 1 aliphatic rings. The Labute approximate surface area is 159 Å². The Balaban J connectivity index is 1.55. The zero-order valence-electron chi connectivity index (χ0n) is 15.9. The molecule has 0 spiro atoms. The fraction of sp³-hybridized carbons (Fsp3) is 0.421. The summed E-state index contributed by atoms with van der Waals surface area (Å²) in [5.41, 5.74) is 0.666. The molecule has 0 bridgehead atoms. The highest BCUT2D eigenvalue weighted by atomic mass is 16.5. The van der Waals surface area contributed by atoms with E-state index in [-0.39, 0.29) is 12.1 Å². The van der Waals surface area contributed by atoms with Gasteiger partial charge in [0.1, 0.15) is 11.9 Å². The Morgan fingerprint density at radius 2 is 2.07 bits per heavy atom. The van der Waals surface area contributed by atoms with Crippen molar-refractivity contribution in [2.75, 3.05) is 44.0 Å². The van der Waals surface area contributed by atoms with Gasteiger partial charge < -0.3 is 24.6 Å². The Hall–Kier alpha value is -3.03. The number of hydrogen-bond acceptors (Lipinski definition) is 6. The van der Waals surface area contributed by atoms with E-state index >= 15 is 0 Å². The Bertz CT molecular complexity index is 766. The van der Waals surface area contributed by atoms with Crippen LogP contribution >= 0.6 is 0 Å². The van der Waals surface area contributed by atoms with Crippen molar-refractivity contribution in [2.45, 2.75) is 19.4 Å². The third-order valence-corrected chi connectivity index (χ3v) is 4.23. The van der Waals surface area contributed by atoms with Gasteiger partial charge in [0.05, 0.1) is 18.8 Å². The molecule has 1 saturated heterocycles. The number of benzene rings is 1. The summed E-state index contributed by atoms with van der Waals surface area (Å²) < 4.78 is 11.4. The lowest BCUT2D eigenvalue weighted by atomic mass is 10.3. The molecule has 0 radical (unpaired) electrons. The number of likely N-dealkylation sites (tertiary alicyclic amines) is 1. The van der Waals surface area contributed by atoms with Gasteiger partial charge >= 0.3 is 6.03 Å². The molecule has 2 amide bonds. The molecule has 27 heavy (non-hydrogen) atoms. The van der Waals surface area contributed by atoms with Gasteiger partial charge in [-0.15, -0.1) is 10.2 Å². The van der Waals surface area contributed by atoms with Gasteiger partial charge in [-0.1, -0.05) is 12.1 Å². The highest BCUT2D eigenvalue weighted by Gasteiger charge is 2.28. The van der Waals surface area contributed by atoms with E-state index in [1.165, 1.54) is 0 Å². The van der Waals surface area contributed by atoms with Crippen molar-refractivity contribution in [1.29, 1.82) is 0 Å². The van der Waals surface area contributed by atoms with Crippen LogP contribution in [0.1, 0.15) is 13.3 Å². The number of carbonyl (C=O) groups excluding carboxylic acids is 1. The van der Waals surface area contributed by atoms with Crippen molar-refractivity contribution >= 4 is 17.5 Å². The van der Waals surface area contributed by atoms with E-state index in [9.17, 15) is 4.79 Å².